The van der Waals surface area contributed by atoms with Crippen LogP contribution < -0.4 is 9.80 Å². The second-order valence-electron chi connectivity index (χ2n) is 18.3. The van der Waals surface area contributed by atoms with Gasteiger partial charge in [-0.25, -0.2) is 0 Å². The fourth-order valence-corrected chi connectivity index (χ4v) is 12.5. The van der Waals surface area contributed by atoms with Crippen LogP contribution in [-0.4, -0.2) is 0 Å². The molecule has 2 aliphatic carbocycles. The number of para-hydroxylation sites is 2. The first kappa shape index (κ1) is 38.5. The van der Waals surface area contributed by atoms with Gasteiger partial charge in [0.1, 0.15) is 0 Å². The van der Waals surface area contributed by atoms with Gasteiger partial charge in [0.05, 0.1) is 27.9 Å². The fraction of sp³-hybridized carbons (Fsp3) is 0.0303. The average molecular weight is 865 g/mol. The molecule has 318 valence electrons. The van der Waals surface area contributed by atoms with Gasteiger partial charge >= 0.3 is 0 Å². The summed E-state index contributed by atoms with van der Waals surface area (Å²) in [6.07, 6.45) is 0. The molecule has 2 heteroatoms. The predicted molar refractivity (Wildman–Crippen MR) is 281 cm³/mol. The molecule has 68 heavy (non-hydrogen) atoms. The highest BCUT2D eigenvalue weighted by Crippen LogP contribution is 2.65. The molecule has 1 heterocycles. The quantitative estimate of drug-likeness (QED) is 0.157. The Hall–Kier alpha value is -8.72. The summed E-state index contributed by atoms with van der Waals surface area (Å²) in [5.41, 5.74) is 21.0. The molecule has 0 aromatic heterocycles. The first-order chi connectivity index (χ1) is 33.8. The Kier molecular flexibility index (Phi) is 8.45. The van der Waals surface area contributed by atoms with Crippen LogP contribution in [0.5, 0.6) is 0 Å². The number of benzene rings is 11. The smallest absolute Gasteiger partial charge is 0.0755 e. The van der Waals surface area contributed by atoms with Crippen molar-refractivity contribution >= 4 is 44.9 Å². The molecule has 1 unspecified atom stereocenters. The Morgan fingerprint density at radius 1 is 0.309 bits per heavy atom. The summed E-state index contributed by atoms with van der Waals surface area (Å²) in [6.45, 7) is 0. The van der Waals surface area contributed by atoms with E-state index in [2.05, 4.69) is 277 Å². The molecular formula is C66H44N2. The van der Waals surface area contributed by atoms with E-state index < -0.39 is 10.8 Å². The number of nitrogens with zero attached hydrogens (tertiary/aromatic N) is 2. The van der Waals surface area contributed by atoms with E-state index in [0.29, 0.717) is 0 Å². The third kappa shape index (κ3) is 5.23. The summed E-state index contributed by atoms with van der Waals surface area (Å²) in [5, 5.41) is 2.40. The van der Waals surface area contributed by atoms with E-state index in [9.17, 15) is 0 Å². The van der Waals surface area contributed by atoms with Gasteiger partial charge < -0.3 is 9.80 Å². The van der Waals surface area contributed by atoms with E-state index in [0.717, 1.165) is 22.7 Å². The minimum absolute atomic E-state index is 0.543. The van der Waals surface area contributed by atoms with Gasteiger partial charge in [-0.3, -0.25) is 0 Å². The lowest BCUT2D eigenvalue weighted by Gasteiger charge is -2.44. The molecule has 1 aliphatic heterocycles. The molecule has 11 aromatic carbocycles. The topological polar surface area (TPSA) is 6.48 Å². The molecule has 0 fully saturated rings. The highest BCUT2D eigenvalue weighted by molar-refractivity contribution is 6.03. The van der Waals surface area contributed by atoms with Crippen LogP contribution in [0.2, 0.25) is 0 Å². The first-order valence-corrected chi connectivity index (χ1v) is 23.7. The van der Waals surface area contributed by atoms with Crippen LogP contribution in [-0.2, 0) is 10.8 Å². The minimum atomic E-state index is -0.597. The summed E-state index contributed by atoms with van der Waals surface area (Å²) in [4.78, 5) is 5.00. The van der Waals surface area contributed by atoms with Gasteiger partial charge in [-0.05, 0) is 121 Å². The summed E-state index contributed by atoms with van der Waals surface area (Å²) < 4.78 is 0. The molecular weight excluding hydrogens is 821 g/mol. The van der Waals surface area contributed by atoms with Crippen LogP contribution >= 0.6 is 0 Å². The summed E-state index contributed by atoms with van der Waals surface area (Å²) in [7, 11) is 0. The Morgan fingerprint density at radius 3 is 1.47 bits per heavy atom. The number of rotatable bonds is 7. The monoisotopic (exact) mass is 864 g/mol. The molecule has 1 atom stereocenters. The zero-order chi connectivity index (χ0) is 44.8. The van der Waals surface area contributed by atoms with Crippen molar-refractivity contribution in [1.82, 2.24) is 0 Å². The van der Waals surface area contributed by atoms with E-state index >= 15 is 0 Å². The van der Waals surface area contributed by atoms with E-state index in [1.165, 1.54) is 88.9 Å². The predicted octanol–water partition coefficient (Wildman–Crippen LogP) is 16.8. The third-order valence-electron chi connectivity index (χ3n) is 15.1. The molecule has 0 N–H and O–H groups in total. The lowest BCUT2D eigenvalue weighted by molar-refractivity contribution is 0.753. The van der Waals surface area contributed by atoms with Crippen LogP contribution in [0.1, 0.15) is 44.5 Å². The average Bonchev–Trinajstić information content (AvgIpc) is 3.89. The van der Waals surface area contributed by atoms with Crippen LogP contribution in [0.15, 0.2) is 267 Å². The fourth-order valence-electron chi connectivity index (χ4n) is 12.5. The van der Waals surface area contributed by atoms with Crippen molar-refractivity contribution in [2.75, 3.05) is 9.80 Å². The van der Waals surface area contributed by atoms with Crippen molar-refractivity contribution in [2.45, 2.75) is 10.8 Å². The molecule has 14 rings (SSSR count). The van der Waals surface area contributed by atoms with Gasteiger partial charge in [-0.1, -0.05) is 212 Å². The normalized spacial score (nSPS) is 15.5. The van der Waals surface area contributed by atoms with Gasteiger partial charge in [-0.2, -0.15) is 0 Å². The molecule has 0 saturated carbocycles. The molecule has 0 saturated heterocycles. The van der Waals surface area contributed by atoms with Gasteiger partial charge in [0.2, 0.25) is 0 Å². The Labute approximate surface area is 397 Å². The van der Waals surface area contributed by atoms with Gasteiger partial charge in [-0.15, -0.1) is 0 Å². The highest BCUT2D eigenvalue weighted by atomic mass is 15.2. The number of fused-ring (bicyclic) bond motifs is 9. The molecule has 3 aliphatic rings. The van der Waals surface area contributed by atoms with Gasteiger partial charge in [0, 0.05) is 28.0 Å². The van der Waals surface area contributed by atoms with E-state index in [-0.39, 0.29) is 0 Å². The van der Waals surface area contributed by atoms with Crippen molar-refractivity contribution in [1.29, 1.82) is 0 Å². The maximum absolute atomic E-state index is 2.53. The van der Waals surface area contributed by atoms with Crippen molar-refractivity contribution < 1.29 is 0 Å². The second kappa shape index (κ2) is 14.9. The number of anilines is 6. The lowest BCUT2D eigenvalue weighted by atomic mass is 9.65. The van der Waals surface area contributed by atoms with Crippen LogP contribution in [0.25, 0.3) is 33.0 Å². The summed E-state index contributed by atoms with van der Waals surface area (Å²) in [6, 6.07) is 99.4. The Balaban J connectivity index is 1.06. The van der Waals surface area contributed by atoms with Crippen molar-refractivity contribution in [2.24, 2.45) is 0 Å². The number of hydrogen-bond acceptors (Lipinski definition) is 2. The highest BCUT2D eigenvalue weighted by Gasteiger charge is 2.53. The second-order valence-corrected chi connectivity index (χ2v) is 18.3. The standard InChI is InChI=1S/C66H44N2/c1-5-23-46(24-6-1)65(47-25-7-2-8-26-47)57-34-16-15-32-53(57)54-41-39-50(43-59(54)65)67(61-37-19-22-45-21-13-14-31-52(45)61)51-40-42-55-56-33-20-38-63-64(56)66(60(55)44-51,48-27-9-3-10-28-48)58-35-17-18-36-62(58)68(63)49-29-11-4-12-30-49/h1-44H. The molecule has 0 radical (unpaired) electrons. The SMILES string of the molecule is c1ccc(N2c3ccccc3C3(c4ccccc4)c4cc(N(c5ccc6c(c5)C(c5ccccc5)(c5ccccc5)c5ccccc5-6)c5cccc6ccccc56)ccc4-c4cccc2c43)cc1. The van der Waals surface area contributed by atoms with Crippen molar-refractivity contribution in [3.63, 3.8) is 0 Å². The van der Waals surface area contributed by atoms with E-state index in [1.807, 2.05) is 0 Å². The zero-order valence-corrected chi connectivity index (χ0v) is 37.3. The maximum Gasteiger partial charge on any atom is 0.0755 e. The molecule has 0 amide bonds. The van der Waals surface area contributed by atoms with E-state index in [1.54, 1.807) is 0 Å². The maximum atomic E-state index is 2.53. The summed E-state index contributed by atoms with van der Waals surface area (Å²) >= 11 is 0. The number of hydrogen-bond donors (Lipinski definition) is 0. The molecule has 0 spiro atoms. The van der Waals surface area contributed by atoms with Crippen molar-refractivity contribution in [3.8, 4) is 22.3 Å². The van der Waals surface area contributed by atoms with Crippen LogP contribution in [0.4, 0.5) is 34.1 Å². The van der Waals surface area contributed by atoms with E-state index in [4.69, 9.17) is 0 Å². The molecule has 2 nitrogen and oxygen atoms in total. The van der Waals surface area contributed by atoms with Crippen LogP contribution in [0.3, 0.4) is 0 Å². The molecule has 11 aromatic rings. The minimum Gasteiger partial charge on any atom is -0.310 e. The van der Waals surface area contributed by atoms with Crippen LogP contribution in [0, 0.1) is 0 Å². The Bertz CT molecular complexity index is 3700. The van der Waals surface area contributed by atoms with Crippen molar-refractivity contribution in [3.05, 3.63) is 311 Å². The largest absolute Gasteiger partial charge is 0.310 e. The van der Waals surface area contributed by atoms with Gasteiger partial charge in [0.25, 0.3) is 0 Å². The zero-order valence-electron chi connectivity index (χ0n) is 37.3. The lowest BCUT2D eigenvalue weighted by Crippen LogP contribution is -2.36. The van der Waals surface area contributed by atoms with Gasteiger partial charge in [0.15, 0.2) is 0 Å². The summed E-state index contributed by atoms with van der Waals surface area (Å²) in [5.74, 6) is 0. The first-order valence-electron chi connectivity index (χ1n) is 23.7. The third-order valence-corrected chi connectivity index (χ3v) is 15.1. The molecule has 0 bridgehead atoms. The Morgan fingerprint density at radius 2 is 0.779 bits per heavy atom.